The van der Waals surface area contributed by atoms with Crippen molar-refractivity contribution in [1.29, 1.82) is 0 Å². The molecular formula is C42H55N7O7. The molecule has 300 valence electrons. The van der Waals surface area contributed by atoms with Crippen LogP contribution in [0.25, 0.3) is 11.0 Å². The fourth-order valence-corrected chi connectivity index (χ4v) is 6.45. The van der Waals surface area contributed by atoms with Crippen LogP contribution in [0.15, 0.2) is 54.6 Å². The number of imidazole rings is 1. The summed E-state index contributed by atoms with van der Waals surface area (Å²) in [4.78, 5) is 62.7. The summed E-state index contributed by atoms with van der Waals surface area (Å²) >= 11 is 0. The number of nitrogens with one attached hydrogen (secondary N) is 2. The number of ether oxygens (including phenoxy) is 3. The van der Waals surface area contributed by atoms with Gasteiger partial charge in [0.2, 0.25) is 5.91 Å². The van der Waals surface area contributed by atoms with Crippen molar-refractivity contribution in [3.63, 3.8) is 0 Å². The molecule has 0 atom stereocenters. The van der Waals surface area contributed by atoms with E-state index in [9.17, 15) is 19.2 Å². The minimum absolute atomic E-state index is 0.107. The van der Waals surface area contributed by atoms with Gasteiger partial charge in [0.15, 0.2) is 0 Å². The lowest BCUT2D eigenvalue weighted by atomic mass is 10.1. The summed E-state index contributed by atoms with van der Waals surface area (Å²) in [6, 6.07) is 15.8. The molecule has 1 fully saturated rings. The minimum atomic E-state index is -0.639. The van der Waals surface area contributed by atoms with Gasteiger partial charge in [-0.2, -0.15) is 0 Å². The summed E-state index contributed by atoms with van der Waals surface area (Å²) in [5.41, 5.74) is 3.21. The zero-order valence-electron chi connectivity index (χ0n) is 33.9. The number of aryl methyl sites for hydroxylation is 2. The molecule has 2 N–H and O–H groups in total. The Bertz CT molecular complexity index is 2050. The molecule has 0 bridgehead atoms. The first-order chi connectivity index (χ1) is 26.6. The third kappa shape index (κ3) is 10.6. The van der Waals surface area contributed by atoms with Gasteiger partial charge in [-0.25, -0.2) is 9.78 Å². The van der Waals surface area contributed by atoms with Crippen LogP contribution in [0.3, 0.4) is 0 Å². The predicted molar refractivity (Wildman–Crippen MR) is 217 cm³/mol. The van der Waals surface area contributed by atoms with Gasteiger partial charge >= 0.3 is 6.09 Å². The van der Waals surface area contributed by atoms with Crippen molar-refractivity contribution in [2.75, 3.05) is 64.2 Å². The number of hydrogen-bond donors (Lipinski definition) is 2. The molecular weight excluding hydrogens is 715 g/mol. The van der Waals surface area contributed by atoms with E-state index in [0.29, 0.717) is 63.9 Å². The number of carbonyl (C=O) groups is 4. The lowest BCUT2D eigenvalue weighted by Gasteiger charge is -2.32. The molecule has 5 rings (SSSR count). The molecule has 0 aliphatic carbocycles. The van der Waals surface area contributed by atoms with Gasteiger partial charge in [0.1, 0.15) is 28.4 Å². The fraction of sp³-hybridized carbons (Fsp3) is 0.452. The maximum Gasteiger partial charge on any atom is 0.408 e. The van der Waals surface area contributed by atoms with E-state index in [1.54, 1.807) is 58.2 Å². The van der Waals surface area contributed by atoms with Crippen molar-refractivity contribution < 1.29 is 33.4 Å². The largest absolute Gasteiger partial charge is 0.495 e. The van der Waals surface area contributed by atoms with Gasteiger partial charge in [0.25, 0.3) is 11.8 Å². The number of nitrogens with zero attached hydrogens (tertiary/aromatic N) is 5. The second-order valence-electron chi connectivity index (χ2n) is 15.2. The molecule has 0 unspecified atom stereocenters. The number of para-hydroxylation sites is 1. The molecule has 1 saturated heterocycles. The first-order valence-electron chi connectivity index (χ1n) is 19.0. The number of carbonyl (C=O) groups excluding carboxylic acids is 4. The van der Waals surface area contributed by atoms with Crippen LogP contribution in [0.2, 0.25) is 0 Å². The first-order valence-corrected chi connectivity index (χ1v) is 19.0. The number of benzene rings is 3. The van der Waals surface area contributed by atoms with Crippen LogP contribution in [-0.4, -0.2) is 103 Å². The van der Waals surface area contributed by atoms with Gasteiger partial charge < -0.3 is 44.1 Å². The van der Waals surface area contributed by atoms with E-state index in [4.69, 9.17) is 14.2 Å². The Morgan fingerprint density at radius 1 is 0.911 bits per heavy atom. The number of unbranched alkanes of at least 4 members (excludes halogenated alkanes) is 2. The van der Waals surface area contributed by atoms with Crippen molar-refractivity contribution in [1.82, 2.24) is 24.7 Å². The normalized spacial score (nSPS) is 13.3. The van der Waals surface area contributed by atoms with Crippen LogP contribution < -0.4 is 25.0 Å². The summed E-state index contributed by atoms with van der Waals surface area (Å²) in [7, 11) is 7.05. The van der Waals surface area contributed by atoms with Crippen LogP contribution in [0.1, 0.15) is 78.6 Å². The third-order valence-electron chi connectivity index (χ3n) is 9.66. The zero-order valence-corrected chi connectivity index (χ0v) is 33.9. The number of piperazine rings is 1. The van der Waals surface area contributed by atoms with E-state index >= 15 is 0 Å². The number of aromatic nitrogens is 2. The SMILES string of the molecule is COc1cc(C(=O)N(C)c2ccc(C)cc2OCCCCCC(=O)N2CCN(C)CC2)ccc1NC(=O)c1cccc2c1nc(CNC(=O)OC(C)(C)C)n2C. The van der Waals surface area contributed by atoms with Crippen LogP contribution in [0, 0.1) is 6.92 Å². The number of hydrogen-bond acceptors (Lipinski definition) is 9. The highest BCUT2D eigenvalue weighted by Gasteiger charge is 2.23. The van der Waals surface area contributed by atoms with E-state index in [2.05, 4.69) is 27.6 Å². The Morgan fingerprint density at radius 2 is 1.66 bits per heavy atom. The second-order valence-corrected chi connectivity index (χ2v) is 15.2. The molecule has 2 heterocycles. The number of likely N-dealkylation sites (N-methyl/N-ethyl adjacent to an activating group) is 1. The molecule has 1 aliphatic rings. The number of fused-ring (bicyclic) bond motifs is 1. The Labute approximate surface area is 329 Å². The minimum Gasteiger partial charge on any atom is -0.495 e. The van der Waals surface area contributed by atoms with E-state index in [1.807, 2.05) is 47.7 Å². The number of amides is 4. The standard InChI is InChI=1S/C42H55N7O7/c1-28-16-19-32(35(25-28)55-24-11-9-10-15-37(50)49-22-20-46(5)21-23-49)48(7)40(52)29-17-18-31(34(26-29)54-8)44-39(51)30-13-12-14-33-38(30)45-36(47(33)6)27-43-41(53)56-42(2,3)4/h12-14,16-19,25-26H,9-11,15,20-24,27H2,1-8H3,(H,43,53)(H,44,51). The molecule has 0 radical (unpaired) electrons. The summed E-state index contributed by atoms with van der Waals surface area (Å²) in [5.74, 6) is 0.955. The maximum atomic E-state index is 13.8. The van der Waals surface area contributed by atoms with Gasteiger partial charge in [-0.05, 0) is 102 Å². The number of rotatable bonds is 14. The smallest absolute Gasteiger partial charge is 0.408 e. The highest BCUT2D eigenvalue weighted by atomic mass is 16.6. The summed E-state index contributed by atoms with van der Waals surface area (Å²) in [5, 5.41) is 5.62. The lowest BCUT2D eigenvalue weighted by Crippen LogP contribution is -2.47. The van der Waals surface area contributed by atoms with Crippen LogP contribution >= 0.6 is 0 Å². The average molecular weight is 770 g/mol. The van der Waals surface area contributed by atoms with Crippen molar-refractivity contribution in [3.8, 4) is 11.5 Å². The van der Waals surface area contributed by atoms with Crippen molar-refractivity contribution >= 4 is 46.2 Å². The molecule has 3 aromatic carbocycles. The number of alkyl carbamates (subject to hydrolysis) is 1. The van der Waals surface area contributed by atoms with Gasteiger partial charge in [-0.1, -0.05) is 12.1 Å². The molecule has 4 aromatic rings. The van der Waals surface area contributed by atoms with E-state index in [-0.39, 0.29) is 18.4 Å². The van der Waals surface area contributed by atoms with E-state index in [1.165, 1.54) is 12.0 Å². The lowest BCUT2D eigenvalue weighted by molar-refractivity contribution is -0.132. The van der Waals surface area contributed by atoms with Crippen LogP contribution in [0.4, 0.5) is 16.2 Å². The second kappa shape index (κ2) is 18.3. The quantitative estimate of drug-likeness (QED) is 0.144. The first kappa shape index (κ1) is 41.5. The monoisotopic (exact) mass is 769 g/mol. The van der Waals surface area contributed by atoms with Gasteiger partial charge in [-0.15, -0.1) is 0 Å². The molecule has 1 aromatic heterocycles. The molecule has 14 heteroatoms. The molecule has 4 amide bonds. The average Bonchev–Trinajstić information content (AvgIpc) is 3.49. The van der Waals surface area contributed by atoms with Gasteiger partial charge in [0.05, 0.1) is 42.7 Å². The maximum absolute atomic E-state index is 13.8. The zero-order chi connectivity index (χ0) is 40.6. The Hall–Kier alpha value is -5.63. The molecule has 0 spiro atoms. The van der Waals surface area contributed by atoms with Crippen molar-refractivity contribution in [2.24, 2.45) is 7.05 Å². The molecule has 14 nitrogen and oxygen atoms in total. The fourth-order valence-electron chi connectivity index (χ4n) is 6.45. The Balaban J connectivity index is 1.21. The summed E-state index contributed by atoms with van der Waals surface area (Å²) in [6.07, 6.45) is 2.43. The van der Waals surface area contributed by atoms with Crippen molar-refractivity contribution in [3.05, 3.63) is 77.1 Å². The Morgan fingerprint density at radius 3 is 2.38 bits per heavy atom. The topological polar surface area (TPSA) is 148 Å². The molecule has 0 saturated carbocycles. The summed E-state index contributed by atoms with van der Waals surface area (Å²) in [6.45, 7) is 11.3. The molecule has 1 aliphatic heterocycles. The number of methoxy groups -OCH3 is 1. The van der Waals surface area contributed by atoms with Gasteiger partial charge in [0, 0.05) is 52.3 Å². The third-order valence-corrected chi connectivity index (χ3v) is 9.66. The van der Waals surface area contributed by atoms with Gasteiger partial charge in [-0.3, -0.25) is 14.4 Å². The van der Waals surface area contributed by atoms with Crippen LogP contribution in [0.5, 0.6) is 11.5 Å². The Kier molecular flexibility index (Phi) is 13.6. The summed E-state index contributed by atoms with van der Waals surface area (Å²) < 4.78 is 19.0. The van der Waals surface area contributed by atoms with E-state index in [0.717, 1.165) is 51.0 Å². The predicted octanol–water partition coefficient (Wildman–Crippen LogP) is 6.16. The van der Waals surface area contributed by atoms with Crippen LogP contribution in [-0.2, 0) is 23.1 Å². The number of anilines is 2. The van der Waals surface area contributed by atoms with Crippen molar-refractivity contribution in [2.45, 2.75) is 65.5 Å². The highest BCUT2D eigenvalue weighted by Crippen LogP contribution is 2.32. The highest BCUT2D eigenvalue weighted by molar-refractivity contribution is 6.12. The molecule has 56 heavy (non-hydrogen) atoms. The van der Waals surface area contributed by atoms with E-state index < -0.39 is 17.6 Å².